The number of para-hydroxylation sites is 4. The molecule has 12 aromatic rings. The average molecular weight is 816 g/mol. The van der Waals surface area contributed by atoms with Gasteiger partial charge in [-0.25, -0.2) is 0 Å². The van der Waals surface area contributed by atoms with Crippen molar-refractivity contribution in [3.63, 3.8) is 0 Å². The highest BCUT2D eigenvalue weighted by atomic mass is 16.5. The predicted octanol–water partition coefficient (Wildman–Crippen LogP) is 14.5. The smallest absolute Gasteiger partial charge is 0.246 e. The summed E-state index contributed by atoms with van der Waals surface area (Å²) in [6.07, 6.45) is 0. The van der Waals surface area contributed by atoms with Crippen molar-refractivity contribution in [1.82, 2.24) is 0 Å². The first kappa shape index (κ1) is 36.3. The first-order valence-electron chi connectivity index (χ1n) is 21.9. The molecule has 13 rings (SSSR count). The summed E-state index contributed by atoms with van der Waals surface area (Å²) in [7, 11) is 0. The summed E-state index contributed by atoms with van der Waals surface area (Å²) >= 11 is 0. The summed E-state index contributed by atoms with van der Waals surface area (Å²) in [6.45, 7) is -0.0882. The lowest BCUT2D eigenvalue weighted by Crippen LogP contribution is -2.52. The van der Waals surface area contributed by atoms with E-state index in [0.717, 1.165) is 78.0 Å². The Hall–Kier alpha value is -8.34. The Morgan fingerprint density at radius 1 is 0.344 bits per heavy atom. The number of benzene rings is 11. The fourth-order valence-corrected chi connectivity index (χ4v) is 10.3. The van der Waals surface area contributed by atoms with Gasteiger partial charge >= 0.3 is 0 Å². The zero-order valence-electron chi connectivity index (χ0n) is 34.8. The van der Waals surface area contributed by atoms with Crippen molar-refractivity contribution in [2.75, 3.05) is 4.90 Å². The molecule has 2 heterocycles. The fourth-order valence-electron chi connectivity index (χ4n) is 10.3. The topological polar surface area (TPSA) is 25.6 Å². The van der Waals surface area contributed by atoms with E-state index in [-0.39, 0.29) is 6.71 Å². The lowest BCUT2D eigenvalue weighted by atomic mass is 9.36. The third-order valence-corrected chi connectivity index (χ3v) is 13.2. The van der Waals surface area contributed by atoms with Gasteiger partial charge in [0.15, 0.2) is 0 Å². The van der Waals surface area contributed by atoms with Gasteiger partial charge in [0.25, 0.3) is 0 Å². The minimum atomic E-state index is -0.0882. The Labute approximate surface area is 371 Å². The van der Waals surface area contributed by atoms with Crippen LogP contribution in [0.15, 0.2) is 235 Å². The molecular formula is C60H38BNO2. The van der Waals surface area contributed by atoms with E-state index in [2.05, 4.69) is 229 Å². The van der Waals surface area contributed by atoms with Gasteiger partial charge in [0.05, 0.1) is 0 Å². The zero-order chi connectivity index (χ0) is 42.1. The van der Waals surface area contributed by atoms with E-state index >= 15 is 0 Å². The SMILES string of the molecule is c1ccc(B(c2cc3c4cccc5c4c(cc3c3ccccc23)-c2ccc(-c3ccc(N(c4ccccc4)c4ccccc4)cc3)cc2O5)c2cccc3c2oc2ccccc23)cc1. The lowest BCUT2D eigenvalue weighted by Gasteiger charge is -2.26. The van der Waals surface area contributed by atoms with Gasteiger partial charge in [-0.1, -0.05) is 175 Å². The normalized spacial score (nSPS) is 11.9. The molecule has 4 heteroatoms. The maximum atomic E-state index is 6.90. The highest BCUT2D eigenvalue weighted by molar-refractivity contribution is 6.98. The number of fused-ring (bicyclic) bond motifs is 9. The van der Waals surface area contributed by atoms with Crippen molar-refractivity contribution in [2.24, 2.45) is 0 Å². The van der Waals surface area contributed by atoms with Crippen molar-refractivity contribution >= 4 is 94.4 Å². The first-order chi connectivity index (χ1) is 31.7. The van der Waals surface area contributed by atoms with Crippen LogP contribution in [-0.2, 0) is 0 Å². The maximum Gasteiger partial charge on any atom is 0.246 e. The second-order valence-corrected chi connectivity index (χ2v) is 16.7. The molecule has 0 radical (unpaired) electrons. The van der Waals surface area contributed by atoms with E-state index in [1.54, 1.807) is 0 Å². The molecule has 0 unspecified atom stereocenters. The Morgan fingerprint density at radius 3 is 1.70 bits per heavy atom. The molecule has 0 amide bonds. The summed E-state index contributed by atoms with van der Waals surface area (Å²) in [5.41, 5.74) is 13.3. The Bertz CT molecular complexity index is 3710. The number of furan rings is 1. The third kappa shape index (κ3) is 5.77. The fraction of sp³-hybridized carbons (Fsp3) is 0. The minimum Gasteiger partial charge on any atom is -0.457 e. The van der Waals surface area contributed by atoms with Crippen molar-refractivity contribution in [1.29, 1.82) is 0 Å². The molecule has 0 atom stereocenters. The van der Waals surface area contributed by atoms with E-state index < -0.39 is 0 Å². The minimum absolute atomic E-state index is 0.0882. The van der Waals surface area contributed by atoms with Crippen LogP contribution in [0.3, 0.4) is 0 Å². The number of hydrogen-bond acceptors (Lipinski definition) is 3. The molecule has 11 aromatic carbocycles. The largest absolute Gasteiger partial charge is 0.457 e. The van der Waals surface area contributed by atoms with Crippen molar-refractivity contribution in [3.05, 3.63) is 231 Å². The Morgan fingerprint density at radius 2 is 0.938 bits per heavy atom. The molecule has 0 bridgehead atoms. The van der Waals surface area contributed by atoms with Crippen molar-refractivity contribution in [2.45, 2.75) is 0 Å². The van der Waals surface area contributed by atoms with Gasteiger partial charge in [-0.15, -0.1) is 0 Å². The molecule has 0 N–H and O–H groups in total. The number of hydrogen-bond donors (Lipinski definition) is 0. The Balaban J connectivity index is 0.956. The maximum absolute atomic E-state index is 6.90. The molecule has 1 aliphatic heterocycles. The summed E-state index contributed by atoms with van der Waals surface area (Å²) in [5.74, 6) is 1.73. The molecule has 3 nitrogen and oxygen atoms in total. The van der Waals surface area contributed by atoms with Crippen LogP contribution in [0.1, 0.15) is 0 Å². The highest BCUT2D eigenvalue weighted by Crippen LogP contribution is 2.50. The molecule has 64 heavy (non-hydrogen) atoms. The van der Waals surface area contributed by atoms with Crippen LogP contribution in [0.25, 0.3) is 76.5 Å². The van der Waals surface area contributed by atoms with E-state index in [1.807, 2.05) is 6.07 Å². The molecule has 0 fully saturated rings. The van der Waals surface area contributed by atoms with Crippen LogP contribution in [-0.4, -0.2) is 6.71 Å². The third-order valence-electron chi connectivity index (χ3n) is 13.2. The Kier molecular flexibility index (Phi) is 8.32. The molecule has 0 saturated carbocycles. The highest BCUT2D eigenvalue weighted by Gasteiger charge is 2.30. The van der Waals surface area contributed by atoms with E-state index in [4.69, 9.17) is 9.15 Å². The molecule has 1 aromatic heterocycles. The number of anilines is 3. The molecule has 1 aliphatic rings. The molecule has 0 aliphatic carbocycles. The summed E-state index contributed by atoms with van der Waals surface area (Å²) in [6, 6.07) is 82.7. The van der Waals surface area contributed by atoms with Gasteiger partial charge in [0, 0.05) is 38.8 Å². The van der Waals surface area contributed by atoms with Gasteiger partial charge in [0.2, 0.25) is 6.71 Å². The van der Waals surface area contributed by atoms with Gasteiger partial charge < -0.3 is 14.1 Å². The van der Waals surface area contributed by atoms with Crippen LogP contribution in [0.5, 0.6) is 11.5 Å². The van der Waals surface area contributed by atoms with Gasteiger partial charge in [-0.3, -0.25) is 0 Å². The van der Waals surface area contributed by atoms with Gasteiger partial charge in [0.1, 0.15) is 22.7 Å². The van der Waals surface area contributed by atoms with Crippen molar-refractivity contribution in [3.8, 4) is 33.8 Å². The van der Waals surface area contributed by atoms with E-state index in [0.29, 0.717) is 0 Å². The predicted molar refractivity (Wildman–Crippen MR) is 269 cm³/mol. The van der Waals surface area contributed by atoms with Crippen LogP contribution in [0.4, 0.5) is 17.1 Å². The summed E-state index contributed by atoms with van der Waals surface area (Å²) in [5, 5.41) is 9.46. The molecule has 298 valence electrons. The molecule has 0 spiro atoms. The van der Waals surface area contributed by atoms with Crippen LogP contribution in [0, 0.1) is 0 Å². The lowest BCUT2D eigenvalue weighted by molar-refractivity contribution is 0.487. The summed E-state index contributed by atoms with van der Waals surface area (Å²) in [4.78, 5) is 2.29. The number of rotatable bonds is 7. The second kappa shape index (κ2) is 14.6. The van der Waals surface area contributed by atoms with E-state index in [1.165, 1.54) is 43.4 Å². The average Bonchev–Trinajstić information content (AvgIpc) is 3.75. The first-order valence-corrected chi connectivity index (χ1v) is 21.9. The van der Waals surface area contributed by atoms with Crippen molar-refractivity contribution < 1.29 is 9.15 Å². The number of nitrogens with zero attached hydrogens (tertiary/aromatic N) is 1. The monoisotopic (exact) mass is 815 g/mol. The van der Waals surface area contributed by atoms with E-state index in [9.17, 15) is 0 Å². The summed E-state index contributed by atoms with van der Waals surface area (Å²) < 4.78 is 13.6. The number of ether oxygens (including phenoxy) is 1. The van der Waals surface area contributed by atoms with Crippen LogP contribution < -0.4 is 26.0 Å². The standard InChI is InChI=1S/C60H38BNO2/c1-4-16-41(17-5-1)61(54-27-14-26-50-47-24-12-13-28-56(47)64-60(50)54)55-38-52-49-25-15-29-57-59(49)53(37-51(52)45-22-10-11-23-46(45)55)48-35-32-40(36-58(48)63-57)39-30-33-44(34-31-39)62(42-18-6-2-7-19-42)43-20-8-3-9-21-43/h1-38H. The second-order valence-electron chi connectivity index (χ2n) is 16.7. The molecule has 0 saturated heterocycles. The zero-order valence-corrected chi connectivity index (χ0v) is 34.8. The quantitative estimate of drug-likeness (QED) is 0.118. The van der Waals surface area contributed by atoms with Crippen LogP contribution >= 0.6 is 0 Å². The molecular weight excluding hydrogens is 777 g/mol. The van der Waals surface area contributed by atoms with Crippen LogP contribution in [0.2, 0.25) is 0 Å². The van der Waals surface area contributed by atoms with Gasteiger partial charge in [-0.2, -0.15) is 0 Å². The van der Waals surface area contributed by atoms with Gasteiger partial charge in [-0.05, 0) is 116 Å².